The Hall–Kier alpha value is -3.48. The Bertz CT molecular complexity index is 1220. The molecule has 0 unspecified atom stereocenters. The van der Waals surface area contributed by atoms with Gasteiger partial charge in [-0.3, -0.25) is 9.78 Å². The highest BCUT2D eigenvalue weighted by Crippen LogP contribution is 2.37. The molecule has 0 atom stereocenters. The summed E-state index contributed by atoms with van der Waals surface area (Å²) in [5.41, 5.74) is 10.8. The Morgan fingerprint density at radius 1 is 1.10 bits per heavy atom. The van der Waals surface area contributed by atoms with Crippen LogP contribution in [0, 0.1) is 5.92 Å². The van der Waals surface area contributed by atoms with Crippen LogP contribution in [0.15, 0.2) is 48.8 Å². The van der Waals surface area contributed by atoms with Crippen molar-refractivity contribution in [3.8, 4) is 11.1 Å². The molecular formula is C22H21N5O2. The molecule has 0 aliphatic heterocycles. The van der Waals surface area contributed by atoms with Gasteiger partial charge < -0.3 is 10.8 Å². The Labute approximate surface area is 167 Å². The SMILES string of the molecule is Nc1cc(C2CCC(C(=O)O)CC2)nc2c(-c3cccc4ncccc34)cnn12. The number of pyridine rings is 1. The quantitative estimate of drug-likeness (QED) is 0.552. The van der Waals surface area contributed by atoms with Gasteiger partial charge in [-0.1, -0.05) is 18.2 Å². The molecule has 3 heterocycles. The molecule has 0 bridgehead atoms. The number of hydrogen-bond donors (Lipinski definition) is 2. The van der Waals surface area contributed by atoms with Crippen molar-refractivity contribution in [2.24, 2.45) is 5.92 Å². The van der Waals surface area contributed by atoms with E-state index in [4.69, 9.17) is 10.7 Å². The van der Waals surface area contributed by atoms with Crippen LogP contribution in [-0.4, -0.2) is 30.7 Å². The number of carboxylic acids is 1. The van der Waals surface area contributed by atoms with E-state index in [0.29, 0.717) is 18.7 Å². The molecule has 0 spiro atoms. The van der Waals surface area contributed by atoms with E-state index in [1.165, 1.54) is 0 Å². The molecule has 4 aromatic rings. The molecule has 146 valence electrons. The van der Waals surface area contributed by atoms with Crippen LogP contribution in [-0.2, 0) is 4.79 Å². The Morgan fingerprint density at radius 2 is 1.93 bits per heavy atom. The van der Waals surface area contributed by atoms with E-state index in [2.05, 4.69) is 10.1 Å². The fourth-order valence-corrected chi connectivity index (χ4v) is 4.38. The average molecular weight is 387 g/mol. The third-order valence-corrected chi connectivity index (χ3v) is 5.95. The zero-order chi connectivity index (χ0) is 20.0. The summed E-state index contributed by atoms with van der Waals surface area (Å²) in [7, 11) is 0. The number of carbonyl (C=O) groups is 1. The van der Waals surface area contributed by atoms with Gasteiger partial charge in [0.25, 0.3) is 0 Å². The highest BCUT2D eigenvalue weighted by molar-refractivity contribution is 5.97. The molecule has 0 radical (unpaired) electrons. The lowest BCUT2D eigenvalue weighted by molar-refractivity contribution is -0.142. The van der Waals surface area contributed by atoms with Gasteiger partial charge in [0, 0.05) is 34.8 Å². The number of aliphatic carboxylic acids is 1. The Balaban J connectivity index is 1.59. The normalized spacial score (nSPS) is 19.6. The maximum Gasteiger partial charge on any atom is 0.306 e. The van der Waals surface area contributed by atoms with E-state index in [9.17, 15) is 9.90 Å². The van der Waals surface area contributed by atoms with Crippen molar-refractivity contribution < 1.29 is 9.90 Å². The average Bonchev–Trinajstić information content (AvgIpc) is 3.18. The van der Waals surface area contributed by atoms with E-state index in [1.54, 1.807) is 16.9 Å². The number of rotatable bonds is 3. The molecule has 3 aromatic heterocycles. The monoisotopic (exact) mass is 387 g/mol. The fraction of sp³-hybridized carbons (Fsp3) is 0.273. The number of anilines is 1. The third kappa shape index (κ3) is 2.99. The van der Waals surface area contributed by atoms with E-state index in [-0.39, 0.29) is 11.8 Å². The van der Waals surface area contributed by atoms with Gasteiger partial charge in [0.15, 0.2) is 5.65 Å². The minimum absolute atomic E-state index is 0.217. The molecule has 7 nitrogen and oxygen atoms in total. The predicted octanol–water partition coefficient (Wildman–Crippen LogP) is 3.89. The number of nitrogens with two attached hydrogens (primary N) is 1. The number of carboxylic acid groups (broad SMARTS) is 1. The number of benzene rings is 1. The van der Waals surface area contributed by atoms with Crippen molar-refractivity contribution in [3.05, 3.63) is 54.5 Å². The third-order valence-electron chi connectivity index (χ3n) is 5.95. The molecule has 0 amide bonds. The first-order chi connectivity index (χ1) is 14.1. The van der Waals surface area contributed by atoms with Crippen LogP contribution < -0.4 is 5.73 Å². The van der Waals surface area contributed by atoms with Crippen LogP contribution in [0.1, 0.15) is 37.3 Å². The van der Waals surface area contributed by atoms with Gasteiger partial charge in [0.1, 0.15) is 5.82 Å². The van der Waals surface area contributed by atoms with Crippen molar-refractivity contribution in [1.82, 2.24) is 19.6 Å². The molecule has 1 aromatic carbocycles. The maximum absolute atomic E-state index is 11.2. The van der Waals surface area contributed by atoms with Crippen molar-refractivity contribution >= 4 is 28.3 Å². The second-order valence-electron chi connectivity index (χ2n) is 7.66. The van der Waals surface area contributed by atoms with E-state index in [1.807, 2.05) is 36.4 Å². The second-order valence-corrected chi connectivity index (χ2v) is 7.66. The zero-order valence-corrected chi connectivity index (χ0v) is 15.8. The summed E-state index contributed by atoms with van der Waals surface area (Å²) in [5, 5.41) is 14.7. The lowest BCUT2D eigenvalue weighted by Crippen LogP contribution is -2.21. The van der Waals surface area contributed by atoms with Gasteiger partial charge in [0.2, 0.25) is 0 Å². The molecule has 7 heteroatoms. The number of nitrogens with zero attached hydrogens (tertiary/aromatic N) is 4. The molecule has 5 rings (SSSR count). The smallest absolute Gasteiger partial charge is 0.306 e. The number of nitrogen functional groups attached to an aromatic ring is 1. The molecule has 29 heavy (non-hydrogen) atoms. The summed E-state index contributed by atoms with van der Waals surface area (Å²) < 4.78 is 1.66. The van der Waals surface area contributed by atoms with Crippen molar-refractivity contribution in [2.75, 3.05) is 5.73 Å². The summed E-state index contributed by atoms with van der Waals surface area (Å²) >= 11 is 0. The molecule has 1 aliphatic rings. The summed E-state index contributed by atoms with van der Waals surface area (Å²) in [6.45, 7) is 0. The number of aromatic nitrogens is 4. The first kappa shape index (κ1) is 17.6. The first-order valence-electron chi connectivity index (χ1n) is 9.83. The van der Waals surface area contributed by atoms with Gasteiger partial charge in [-0.15, -0.1) is 0 Å². The first-order valence-corrected chi connectivity index (χ1v) is 9.83. The predicted molar refractivity (Wildman–Crippen MR) is 110 cm³/mol. The van der Waals surface area contributed by atoms with Crippen LogP contribution in [0.4, 0.5) is 5.82 Å². The fourth-order valence-electron chi connectivity index (χ4n) is 4.38. The standard InChI is InChI=1S/C22H21N5O2/c23-20-11-19(13-6-8-14(9-7-13)22(28)29)26-21-17(12-25-27(20)21)15-3-1-5-18-16(15)4-2-10-24-18/h1-5,10-14H,6-9,23H2,(H,28,29). The van der Waals surface area contributed by atoms with Crippen LogP contribution in [0.2, 0.25) is 0 Å². The molecule has 1 aliphatic carbocycles. The van der Waals surface area contributed by atoms with Crippen molar-refractivity contribution in [1.29, 1.82) is 0 Å². The highest BCUT2D eigenvalue weighted by atomic mass is 16.4. The lowest BCUT2D eigenvalue weighted by Gasteiger charge is -2.25. The molecule has 1 saturated carbocycles. The topological polar surface area (TPSA) is 106 Å². The van der Waals surface area contributed by atoms with Crippen LogP contribution in [0.25, 0.3) is 27.7 Å². The van der Waals surface area contributed by atoms with Gasteiger partial charge >= 0.3 is 5.97 Å². The van der Waals surface area contributed by atoms with E-state index >= 15 is 0 Å². The summed E-state index contributed by atoms with van der Waals surface area (Å²) in [6.07, 6.45) is 6.54. The molecular weight excluding hydrogens is 366 g/mol. The molecule has 0 saturated heterocycles. The van der Waals surface area contributed by atoms with Crippen molar-refractivity contribution in [2.45, 2.75) is 31.6 Å². The minimum atomic E-state index is -0.700. The van der Waals surface area contributed by atoms with Gasteiger partial charge in [-0.2, -0.15) is 9.61 Å². The Morgan fingerprint density at radius 3 is 2.72 bits per heavy atom. The summed E-state index contributed by atoms with van der Waals surface area (Å²) in [5.74, 6) is -0.195. The highest BCUT2D eigenvalue weighted by Gasteiger charge is 2.28. The summed E-state index contributed by atoms with van der Waals surface area (Å²) in [6, 6.07) is 11.9. The Kier molecular flexibility index (Phi) is 4.16. The van der Waals surface area contributed by atoms with Crippen molar-refractivity contribution in [3.63, 3.8) is 0 Å². The minimum Gasteiger partial charge on any atom is -0.481 e. The number of hydrogen-bond acceptors (Lipinski definition) is 5. The van der Waals surface area contributed by atoms with Crippen LogP contribution in [0.3, 0.4) is 0 Å². The zero-order valence-electron chi connectivity index (χ0n) is 15.8. The molecule has 1 fully saturated rings. The van der Waals surface area contributed by atoms with Crippen LogP contribution in [0.5, 0.6) is 0 Å². The number of fused-ring (bicyclic) bond motifs is 2. The lowest BCUT2D eigenvalue weighted by atomic mass is 9.80. The van der Waals surface area contributed by atoms with E-state index < -0.39 is 5.97 Å². The maximum atomic E-state index is 11.2. The van der Waals surface area contributed by atoms with E-state index in [0.717, 1.165) is 46.2 Å². The second kappa shape index (κ2) is 6.84. The summed E-state index contributed by atoms with van der Waals surface area (Å²) in [4.78, 5) is 20.6. The molecule has 3 N–H and O–H groups in total. The largest absolute Gasteiger partial charge is 0.481 e. The van der Waals surface area contributed by atoms with Gasteiger partial charge in [0.05, 0.1) is 17.6 Å². The van der Waals surface area contributed by atoms with Gasteiger partial charge in [-0.25, -0.2) is 4.98 Å². The van der Waals surface area contributed by atoms with Crippen LogP contribution >= 0.6 is 0 Å². The van der Waals surface area contributed by atoms with Gasteiger partial charge in [-0.05, 0) is 43.4 Å².